The Morgan fingerprint density at radius 2 is 2.20 bits per heavy atom. The molecule has 0 spiro atoms. The molecular formula is C12H26N2O. The summed E-state index contributed by atoms with van der Waals surface area (Å²) in [5.41, 5.74) is 0. The van der Waals surface area contributed by atoms with Crippen molar-refractivity contribution in [3.05, 3.63) is 0 Å². The van der Waals surface area contributed by atoms with E-state index in [0.717, 1.165) is 13.2 Å². The van der Waals surface area contributed by atoms with Gasteiger partial charge >= 0.3 is 0 Å². The maximum atomic E-state index is 5.64. The SMILES string of the molecule is CNC(CCC1CCCO1)CCN(C)C. The van der Waals surface area contributed by atoms with Crippen LogP contribution in [0.15, 0.2) is 0 Å². The summed E-state index contributed by atoms with van der Waals surface area (Å²) in [4.78, 5) is 2.25. The van der Waals surface area contributed by atoms with Crippen molar-refractivity contribution in [2.24, 2.45) is 0 Å². The van der Waals surface area contributed by atoms with Crippen molar-refractivity contribution < 1.29 is 4.74 Å². The van der Waals surface area contributed by atoms with Gasteiger partial charge in [-0.2, -0.15) is 0 Å². The first-order chi connectivity index (χ1) is 7.22. The van der Waals surface area contributed by atoms with E-state index in [-0.39, 0.29) is 0 Å². The molecule has 2 atom stereocenters. The molecule has 1 fully saturated rings. The molecule has 0 amide bonds. The molecule has 1 aliphatic rings. The highest BCUT2D eigenvalue weighted by Gasteiger charge is 2.17. The van der Waals surface area contributed by atoms with Crippen molar-refractivity contribution in [3.63, 3.8) is 0 Å². The van der Waals surface area contributed by atoms with Gasteiger partial charge in [0.1, 0.15) is 0 Å². The molecule has 1 aliphatic heterocycles. The van der Waals surface area contributed by atoms with Gasteiger partial charge in [0, 0.05) is 12.6 Å². The molecular weight excluding hydrogens is 188 g/mol. The molecule has 1 saturated heterocycles. The Labute approximate surface area is 94.2 Å². The fourth-order valence-electron chi connectivity index (χ4n) is 2.11. The normalized spacial score (nSPS) is 23.6. The molecule has 15 heavy (non-hydrogen) atoms. The lowest BCUT2D eigenvalue weighted by atomic mass is 10.0. The van der Waals surface area contributed by atoms with E-state index in [9.17, 15) is 0 Å². The van der Waals surface area contributed by atoms with Gasteiger partial charge in [-0.3, -0.25) is 0 Å². The molecule has 0 aliphatic carbocycles. The average molecular weight is 214 g/mol. The second kappa shape index (κ2) is 7.20. The Kier molecular flexibility index (Phi) is 6.22. The predicted octanol–water partition coefficient (Wildman–Crippen LogP) is 1.49. The van der Waals surface area contributed by atoms with Crippen LogP contribution in [-0.2, 0) is 4.74 Å². The Bertz CT molecular complexity index is 156. The number of nitrogens with one attached hydrogen (secondary N) is 1. The second-order valence-corrected chi connectivity index (χ2v) is 4.79. The molecule has 3 nitrogen and oxygen atoms in total. The zero-order chi connectivity index (χ0) is 11.1. The van der Waals surface area contributed by atoms with Crippen LogP contribution in [0, 0.1) is 0 Å². The summed E-state index contributed by atoms with van der Waals surface area (Å²) in [5, 5.41) is 3.40. The van der Waals surface area contributed by atoms with Gasteiger partial charge in [-0.25, -0.2) is 0 Å². The van der Waals surface area contributed by atoms with E-state index in [1.54, 1.807) is 0 Å². The minimum atomic E-state index is 0.542. The monoisotopic (exact) mass is 214 g/mol. The Balaban J connectivity index is 2.09. The number of hydrogen-bond acceptors (Lipinski definition) is 3. The first-order valence-electron chi connectivity index (χ1n) is 6.16. The quantitative estimate of drug-likeness (QED) is 0.695. The third kappa shape index (κ3) is 5.50. The highest BCUT2D eigenvalue weighted by molar-refractivity contribution is 4.71. The van der Waals surface area contributed by atoms with E-state index in [4.69, 9.17) is 4.74 Å². The standard InChI is InChI=1S/C12H26N2O/c1-13-11(8-9-14(2)3)6-7-12-5-4-10-15-12/h11-13H,4-10H2,1-3H3. The van der Waals surface area contributed by atoms with Gasteiger partial charge in [0.25, 0.3) is 0 Å². The van der Waals surface area contributed by atoms with Crippen LogP contribution in [0.2, 0.25) is 0 Å². The van der Waals surface area contributed by atoms with Gasteiger partial charge in [0.15, 0.2) is 0 Å². The molecule has 1 rings (SSSR count). The van der Waals surface area contributed by atoms with Crippen LogP contribution in [0.3, 0.4) is 0 Å². The maximum absolute atomic E-state index is 5.64. The second-order valence-electron chi connectivity index (χ2n) is 4.79. The lowest BCUT2D eigenvalue weighted by molar-refractivity contribution is 0.0992. The largest absolute Gasteiger partial charge is 0.378 e. The number of hydrogen-bond donors (Lipinski definition) is 1. The van der Waals surface area contributed by atoms with E-state index in [1.807, 2.05) is 0 Å². The summed E-state index contributed by atoms with van der Waals surface area (Å²) in [6.07, 6.45) is 6.76. The average Bonchev–Trinajstić information content (AvgIpc) is 2.70. The van der Waals surface area contributed by atoms with E-state index < -0.39 is 0 Å². The summed E-state index contributed by atoms with van der Waals surface area (Å²) in [6.45, 7) is 2.14. The van der Waals surface area contributed by atoms with E-state index in [1.165, 1.54) is 32.1 Å². The van der Waals surface area contributed by atoms with Gasteiger partial charge in [-0.15, -0.1) is 0 Å². The van der Waals surface area contributed by atoms with Crippen LogP contribution in [0.1, 0.15) is 32.1 Å². The predicted molar refractivity (Wildman–Crippen MR) is 64.2 cm³/mol. The van der Waals surface area contributed by atoms with Gasteiger partial charge in [-0.1, -0.05) is 0 Å². The van der Waals surface area contributed by atoms with Crippen LogP contribution in [0.25, 0.3) is 0 Å². The summed E-state index contributed by atoms with van der Waals surface area (Å²) in [5.74, 6) is 0. The summed E-state index contributed by atoms with van der Waals surface area (Å²) in [6, 6.07) is 0.650. The van der Waals surface area contributed by atoms with E-state index >= 15 is 0 Å². The molecule has 3 heteroatoms. The Hall–Kier alpha value is -0.120. The molecule has 2 unspecified atom stereocenters. The van der Waals surface area contributed by atoms with E-state index in [2.05, 4.69) is 31.4 Å². The fraction of sp³-hybridized carbons (Fsp3) is 1.00. The molecule has 0 radical (unpaired) electrons. The zero-order valence-corrected chi connectivity index (χ0v) is 10.5. The maximum Gasteiger partial charge on any atom is 0.0576 e. The number of rotatable bonds is 7. The lowest BCUT2D eigenvalue weighted by Crippen LogP contribution is -2.30. The molecule has 0 aromatic rings. The first kappa shape index (κ1) is 12.9. The first-order valence-corrected chi connectivity index (χ1v) is 6.16. The van der Waals surface area contributed by atoms with Crippen molar-refractivity contribution in [1.29, 1.82) is 0 Å². The van der Waals surface area contributed by atoms with Crippen LogP contribution in [-0.4, -0.2) is 51.3 Å². The van der Waals surface area contributed by atoms with Crippen molar-refractivity contribution >= 4 is 0 Å². The third-order valence-electron chi connectivity index (χ3n) is 3.19. The molecule has 1 heterocycles. The highest BCUT2D eigenvalue weighted by atomic mass is 16.5. The molecule has 90 valence electrons. The molecule has 0 bridgehead atoms. The number of ether oxygens (including phenoxy) is 1. The Morgan fingerprint density at radius 1 is 1.40 bits per heavy atom. The van der Waals surface area contributed by atoms with Crippen molar-refractivity contribution in [2.75, 3.05) is 34.3 Å². The van der Waals surface area contributed by atoms with Crippen molar-refractivity contribution in [1.82, 2.24) is 10.2 Å². The fourth-order valence-corrected chi connectivity index (χ4v) is 2.11. The van der Waals surface area contributed by atoms with E-state index in [0.29, 0.717) is 12.1 Å². The van der Waals surface area contributed by atoms with Gasteiger partial charge in [0.05, 0.1) is 6.10 Å². The zero-order valence-electron chi connectivity index (χ0n) is 10.5. The van der Waals surface area contributed by atoms with Crippen molar-refractivity contribution in [2.45, 2.75) is 44.2 Å². The topological polar surface area (TPSA) is 24.5 Å². The summed E-state index contributed by atoms with van der Waals surface area (Å²) >= 11 is 0. The molecule has 0 aromatic heterocycles. The van der Waals surface area contributed by atoms with Crippen LogP contribution < -0.4 is 5.32 Å². The van der Waals surface area contributed by atoms with Gasteiger partial charge in [0.2, 0.25) is 0 Å². The summed E-state index contributed by atoms with van der Waals surface area (Å²) in [7, 11) is 6.33. The molecule has 0 saturated carbocycles. The number of nitrogens with zero attached hydrogens (tertiary/aromatic N) is 1. The van der Waals surface area contributed by atoms with Crippen molar-refractivity contribution in [3.8, 4) is 0 Å². The molecule has 0 aromatic carbocycles. The van der Waals surface area contributed by atoms with Gasteiger partial charge in [-0.05, 0) is 59.8 Å². The smallest absolute Gasteiger partial charge is 0.0576 e. The highest BCUT2D eigenvalue weighted by Crippen LogP contribution is 2.18. The Morgan fingerprint density at radius 3 is 2.73 bits per heavy atom. The minimum absolute atomic E-state index is 0.542. The van der Waals surface area contributed by atoms with Gasteiger partial charge < -0.3 is 15.0 Å². The van der Waals surface area contributed by atoms with Crippen LogP contribution in [0.4, 0.5) is 0 Å². The summed E-state index contributed by atoms with van der Waals surface area (Å²) < 4.78 is 5.64. The minimum Gasteiger partial charge on any atom is -0.378 e. The van der Waals surface area contributed by atoms with Crippen LogP contribution in [0.5, 0.6) is 0 Å². The molecule has 1 N–H and O–H groups in total. The van der Waals surface area contributed by atoms with Crippen LogP contribution >= 0.6 is 0 Å². The lowest BCUT2D eigenvalue weighted by Gasteiger charge is -2.20. The third-order valence-corrected chi connectivity index (χ3v) is 3.19.